The van der Waals surface area contributed by atoms with Crippen molar-refractivity contribution in [1.29, 1.82) is 0 Å². The Balaban J connectivity index is 6.64. The average molecular weight is 411 g/mol. The summed E-state index contributed by atoms with van der Waals surface area (Å²) in [5.74, 6) is -7.55. The van der Waals surface area contributed by atoms with E-state index in [-0.39, 0.29) is 0 Å². The van der Waals surface area contributed by atoms with Gasteiger partial charge in [-0.15, -0.1) is 3.46 Å². The molecular formula is C5H3F10NO5S2. The topological polar surface area (TPSA) is 91.3 Å². The molecule has 0 aliphatic rings. The molecule has 0 rings (SSSR count). The summed E-state index contributed by atoms with van der Waals surface area (Å²) in [5, 5.41) is 3.55. The fourth-order valence-electron chi connectivity index (χ4n) is 0.852. The third-order valence-corrected chi connectivity index (χ3v) is 6.62. The van der Waals surface area contributed by atoms with Crippen LogP contribution >= 0.6 is 0 Å². The first kappa shape index (κ1) is 22.1. The van der Waals surface area contributed by atoms with Crippen LogP contribution in [-0.4, -0.2) is 50.2 Å². The maximum Gasteiger partial charge on any atom is 0.551 e. The molecule has 1 atom stereocenters. The highest BCUT2D eigenvalue weighted by Gasteiger charge is 2.83. The number of hydrogen-bond acceptors (Lipinski definition) is 5. The van der Waals surface area contributed by atoms with Crippen molar-refractivity contribution < 1.29 is 64.2 Å². The molecule has 6 nitrogen and oxygen atoms in total. The summed E-state index contributed by atoms with van der Waals surface area (Å²) >= 11 is 0. The van der Waals surface area contributed by atoms with Crippen LogP contribution in [0.15, 0.2) is 0 Å². The molecule has 0 heterocycles. The van der Waals surface area contributed by atoms with E-state index in [2.05, 4.69) is 0 Å². The second kappa shape index (κ2) is 5.06. The van der Waals surface area contributed by atoms with E-state index in [9.17, 15) is 65.9 Å². The average Bonchev–Trinajstić information content (AvgIpc) is 2.24. The van der Waals surface area contributed by atoms with Crippen LogP contribution in [0.1, 0.15) is 0 Å². The predicted molar refractivity (Wildman–Crippen MR) is 49.4 cm³/mol. The number of quaternary nitrogens is 1. The van der Waals surface area contributed by atoms with E-state index >= 15 is 0 Å². The SMILES string of the molecule is C[N+]([O-])(S(=O)(=O)C(F)(F)F)S(=O)(=O)C(F)(F)C(F)(F)C(F)(F)F. The molecule has 18 heteroatoms. The van der Waals surface area contributed by atoms with Crippen molar-refractivity contribution in [3.05, 3.63) is 5.21 Å². The lowest BCUT2D eigenvalue weighted by Crippen LogP contribution is -2.65. The second-order valence-electron chi connectivity index (χ2n) is 3.76. The van der Waals surface area contributed by atoms with E-state index in [1.165, 1.54) is 0 Å². The number of halogens is 10. The Kier molecular flexibility index (Phi) is 4.86. The molecule has 140 valence electrons. The summed E-state index contributed by atoms with van der Waals surface area (Å²) in [6, 6.07) is 0. The van der Waals surface area contributed by atoms with Gasteiger partial charge in [0.15, 0.2) is 0 Å². The first-order valence-corrected chi connectivity index (χ1v) is 7.34. The fourth-order valence-corrected chi connectivity index (χ4v) is 3.65. The molecule has 0 radical (unpaired) electrons. The van der Waals surface area contributed by atoms with Crippen LogP contribution in [0.5, 0.6) is 0 Å². The number of hydroxylamine groups is 1. The van der Waals surface area contributed by atoms with Crippen molar-refractivity contribution in [2.45, 2.75) is 22.9 Å². The first-order valence-electron chi connectivity index (χ1n) is 4.46. The van der Waals surface area contributed by atoms with Gasteiger partial charge in [-0.05, 0) is 0 Å². The lowest BCUT2D eigenvalue weighted by atomic mass is 10.3. The molecule has 0 aromatic heterocycles. The summed E-state index contributed by atoms with van der Waals surface area (Å²) in [7, 11) is -17.1. The summed E-state index contributed by atoms with van der Waals surface area (Å²) in [5.41, 5.74) is -6.85. The third-order valence-electron chi connectivity index (χ3n) is 2.21. The van der Waals surface area contributed by atoms with Gasteiger partial charge in [0.1, 0.15) is 0 Å². The van der Waals surface area contributed by atoms with E-state index in [0.717, 1.165) is 0 Å². The molecule has 0 aliphatic heterocycles. The van der Waals surface area contributed by atoms with Crippen molar-refractivity contribution in [2.24, 2.45) is 0 Å². The van der Waals surface area contributed by atoms with Crippen LogP contribution in [0.25, 0.3) is 0 Å². The smallest absolute Gasteiger partial charge is 0.551 e. The summed E-state index contributed by atoms with van der Waals surface area (Å²) in [4.78, 5) is 0. The standard InChI is InChI=1S/C5H3F10NO5S2/c1-16(17,23(20,21)5(13,14)15)22(18,19)4(11,12)2(6,7)3(8,9)10/h1H3. The lowest BCUT2D eigenvalue weighted by molar-refractivity contribution is -0.594. The van der Waals surface area contributed by atoms with Gasteiger partial charge in [-0.25, -0.2) is 0 Å². The molecule has 23 heavy (non-hydrogen) atoms. The molecule has 0 saturated carbocycles. The highest BCUT2D eigenvalue weighted by molar-refractivity contribution is 7.99. The van der Waals surface area contributed by atoms with Gasteiger partial charge in [-0.2, -0.15) is 60.7 Å². The number of hydrogen-bond donors (Lipinski definition) is 0. The molecule has 0 aromatic carbocycles. The van der Waals surface area contributed by atoms with Crippen LogP contribution in [-0.2, 0) is 20.0 Å². The zero-order chi connectivity index (χ0) is 19.5. The highest BCUT2D eigenvalue weighted by Crippen LogP contribution is 2.52. The Bertz CT molecular complexity index is 671. The lowest BCUT2D eigenvalue weighted by Gasteiger charge is -2.38. The monoisotopic (exact) mass is 411 g/mol. The minimum atomic E-state index is -8.15. The molecule has 1 unspecified atom stereocenters. The van der Waals surface area contributed by atoms with Gasteiger partial charge in [0.25, 0.3) is 0 Å². The van der Waals surface area contributed by atoms with Crippen molar-refractivity contribution in [3.8, 4) is 0 Å². The molecular weight excluding hydrogens is 408 g/mol. The Labute approximate surface area is 120 Å². The Morgan fingerprint density at radius 1 is 0.739 bits per heavy atom. The van der Waals surface area contributed by atoms with Crippen LogP contribution in [0.3, 0.4) is 0 Å². The molecule has 0 aromatic rings. The molecule has 0 amide bonds. The maximum absolute atomic E-state index is 13.0. The van der Waals surface area contributed by atoms with Crippen molar-refractivity contribution in [1.82, 2.24) is 0 Å². The third kappa shape index (κ3) is 2.74. The summed E-state index contributed by atoms with van der Waals surface area (Å²) in [6.07, 6.45) is -7.33. The Morgan fingerprint density at radius 3 is 1.26 bits per heavy atom. The van der Waals surface area contributed by atoms with Crippen LogP contribution in [0.2, 0.25) is 0 Å². The molecule has 0 bridgehead atoms. The summed E-state index contributed by atoms with van der Waals surface area (Å²) < 4.78 is 161. The fraction of sp³-hybridized carbons (Fsp3) is 1.00. The number of sulfonamides is 2. The second-order valence-corrected chi connectivity index (χ2v) is 8.26. The van der Waals surface area contributed by atoms with Gasteiger partial charge in [-0.1, -0.05) is 0 Å². The van der Waals surface area contributed by atoms with Gasteiger partial charge < -0.3 is 5.21 Å². The molecule has 0 fully saturated rings. The Hall–Kier alpha value is -0.880. The van der Waals surface area contributed by atoms with Gasteiger partial charge in [-0.3, -0.25) is 0 Å². The van der Waals surface area contributed by atoms with Gasteiger partial charge in [0, 0.05) is 0 Å². The van der Waals surface area contributed by atoms with Gasteiger partial charge in [0.05, 0.1) is 7.05 Å². The predicted octanol–water partition coefficient (Wildman–Crippen LogP) is 1.90. The van der Waals surface area contributed by atoms with Gasteiger partial charge in [0.2, 0.25) is 0 Å². The molecule has 0 N–H and O–H groups in total. The largest absolute Gasteiger partial charge is 0.601 e. The molecule has 0 saturated heterocycles. The quantitative estimate of drug-likeness (QED) is 0.401. The minimum absolute atomic E-state index is 1.20. The van der Waals surface area contributed by atoms with E-state index in [1.807, 2.05) is 0 Å². The van der Waals surface area contributed by atoms with Crippen LogP contribution < -0.4 is 0 Å². The van der Waals surface area contributed by atoms with Crippen LogP contribution in [0, 0.1) is 5.21 Å². The van der Waals surface area contributed by atoms with E-state index in [0.29, 0.717) is 0 Å². The molecule has 0 aliphatic carbocycles. The van der Waals surface area contributed by atoms with Crippen molar-refractivity contribution in [2.75, 3.05) is 7.05 Å². The molecule has 0 spiro atoms. The zero-order valence-electron chi connectivity index (χ0n) is 10.1. The number of rotatable bonds is 4. The normalized spacial score (nSPS) is 18.6. The number of alkyl halides is 10. The Morgan fingerprint density at radius 2 is 1.04 bits per heavy atom. The van der Waals surface area contributed by atoms with E-state index in [1.54, 1.807) is 0 Å². The zero-order valence-corrected chi connectivity index (χ0v) is 11.7. The van der Waals surface area contributed by atoms with Gasteiger partial charge >= 0.3 is 42.9 Å². The van der Waals surface area contributed by atoms with Crippen molar-refractivity contribution in [3.63, 3.8) is 0 Å². The summed E-state index contributed by atoms with van der Waals surface area (Å²) in [6.45, 7) is 0. The maximum atomic E-state index is 13.0. The highest BCUT2D eigenvalue weighted by atomic mass is 32.3. The number of nitrogens with zero attached hydrogens (tertiary/aromatic N) is 1. The van der Waals surface area contributed by atoms with Crippen LogP contribution in [0.4, 0.5) is 43.9 Å². The van der Waals surface area contributed by atoms with E-state index < -0.39 is 53.4 Å². The first-order chi connectivity index (χ1) is 9.50. The minimum Gasteiger partial charge on any atom is -0.601 e. The van der Waals surface area contributed by atoms with E-state index in [4.69, 9.17) is 0 Å². The van der Waals surface area contributed by atoms with Crippen molar-refractivity contribution >= 4 is 20.0 Å².